The summed E-state index contributed by atoms with van der Waals surface area (Å²) in [6.45, 7) is 0. The Morgan fingerprint density at radius 3 is 0.824 bits per heavy atom. The normalized spacial score (nSPS) is 11.4. The molecule has 0 aliphatic heterocycles. The van der Waals surface area contributed by atoms with Crippen LogP contribution in [0.5, 0.6) is 0 Å². The van der Waals surface area contributed by atoms with Gasteiger partial charge in [-0.15, -0.1) is 4.13 Å². The molecule has 0 saturated heterocycles. The van der Waals surface area contributed by atoms with Gasteiger partial charge in [0, 0.05) is 0 Å². The summed E-state index contributed by atoms with van der Waals surface area (Å²) in [4.78, 5) is 2.83. The van der Waals surface area contributed by atoms with E-state index in [1.54, 1.807) is 0 Å². The lowest BCUT2D eigenvalue weighted by atomic mass is 11.0. The topological polar surface area (TPSA) is 135 Å². The molecule has 0 spiro atoms. The minimum Gasteiger partial charge on any atom is -0.735 e. The Kier molecular flexibility index (Phi) is 12.5. The van der Waals surface area contributed by atoms with Crippen molar-refractivity contribution in [2.24, 2.45) is 0 Å². The number of hydrogen-bond donors (Lipinski definition) is 3. The molecule has 108 valence electrons. The second-order valence-corrected chi connectivity index (χ2v) is 6.47. The number of hydrogen-bond acceptors (Lipinski definition) is 6. The SMILES string of the molecule is C[NH+](C)C.C[NH+](C)C.O=S(=O)([O-])NS(=O)(=O)[O-]. The van der Waals surface area contributed by atoms with Crippen LogP contribution in [0.4, 0.5) is 0 Å². The first-order valence-electron chi connectivity index (χ1n) is 4.41. The Balaban J connectivity index is -0.000000205. The van der Waals surface area contributed by atoms with Crippen molar-refractivity contribution in [1.29, 1.82) is 0 Å². The van der Waals surface area contributed by atoms with E-state index in [1.165, 1.54) is 9.80 Å². The molecule has 0 radical (unpaired) electrons. The summed E-state index contributed by atoms with van der Waals surface area (Å²) in [5, 5.41) is 0. The highest BCUT2D eigenvalue weighted by atomic mass is 32.3. The van der Waals surface area contributed by atoms with Crippen molar-refractivity contribution >= 4 is 20.6 Å². The summed E-state index contributed by atoms with van der Waals surface area (Å²) in [6.07, 6.45) is 0. The first-order valence-corrected chi connectivity index (χ1v) is 7.22. The van der Waals surface area contributed by atoms with Gasteiger partial charge in [0.2, 0.25) is 0 Å². The van der Waals surface area contributed by atoms with Crippen LogP contribution in [0, 0.1) is 0 Å². The molecule has 9 nitrogen and oxygen atoms in total. The first-order chi connectivity index (χ1) is 7.17. The zero-order valence-electron chi connectivity index (χ0n) is 10.8. The molecule has 0 aromatic heterocycles. The smallest absolute Gasteiger partial charge is 0.171 e. The van der Waals surface area contributed by atoms with Gasteiger partial charge in [-0.05, 0) is 0 Å². The molecular weight excluding hydrogens is 274 g/mol. The lowest BCUT2D eigenvalue weighted by molar-refractivity contribution is -0.836. The van der Waals surface area contributed by atoms with Crippen molar-refractivity contribution in [3.63, 3.8) is 0 Å². The number of quaternary nitrogens is 2. The predicted molar refractivity (Wildman–Crippen MR) is 60.0 cm³/mol. The number of nitrogens with one attached hydrogen (secondary N) is 3. The van der Waals surface area contributed by atoms with E-state index in [1.807, 2.05) is 0 Å². The fraction of sp³-hybridized carbons (Fsp3) is 1.00. The minimum atomic E-state index is -5.18. The lowest BCUT2D eigenvalue weighted by Gasteiger charge is -2.10. The second kappa shape index (κ2) is 9.70. The van der Waals surface area contributed by atoms with E-state index in [2.05, 4.69) is 42.3 Å². The molecule has 0 atom stereocenters. The van der Waals surface area contributed by atoms with E-state index >= 15 is 0 Å². The van der Waals surface area contributed by atoms with Gasteiger partial charge in [0.1, 0.15) is 0 Å². The Hall–Kier alpha value is -0.300. The quantitative estimate of drug-likeness (QED) is 0.437. The highest BCUT2D eigenvalue weighted by molar-refractivity contribution is 7.99. The van der Waals surface area contributed by atoms with Crippen molar-refractivity contribution in [2.45, 2.75) is 0 Å². The summed E-state index contributed by atoms with van der Waals surface area (Å²) in [5.41, 5.74) is 0. The maximum absolute atomic E-state index is 9.40. The average molecular weight is 295 g/mol. The molecule has 0 aliphatic carbocycles. The molecule has 0 rings (SSSR count). The molecule has 0 fully saturated rings. The van der Waals surface area contributed by atoms with E-state index < -0.39 is 20.6 Å². The van der Waals surface area contributed by atoms with E-state index in [-0.39, 0.29) is 0 Å². The van der Waals surface area contributed by atoms with Crippen LogP contribution >= 0.6 is 0 Å². The van der Waals surface area contributed by atoms with Gasteiger partial charge in [0.05, 0.1) is 42.3 Å². The molecule has 0 aliphatic rings. The summed E-state index contributed by atoms with van der Waals surface area (Å²) >= 11 is 0. The molecule has 11 heteroatoms. The third-order valence-electron chi connectivity index (χ3n) is 0.204. The third-order valence-corrected chi connectivity index (χ3v) is 1.84. The molecule has 3 N–H and O–H groups in total. The Labute approximate surface area is 103 Å². The third kappa shape index (κ3) is 90.7. The van der Waals surface area contributed by atoms with Crippen molar-refractivity contribution in [2.75, 3.05) is 42.3 Å². The van der Waals surface area contributed by atoms with E-state index in [0.717, 1.165) is 0 Å². The molecule has 17 heavy (non-hydrogen) atoms. The van der Waals surface area contributed by atoms with Crippen LogP contribution in [0.15, 0.2) is 0 Å². The predicted octanol–water partition coefficient (Wildman–Crippen LogP) is -4.98. The van der Waals surface area contributed by atoms with Gasteiger partial charge in [-0.1, -0.05) is 0 Å². The molecule has 0 saturated carbocycles. The van der Waals surface area contributed by atoms with Crippen LogP contribution in [-0.4, -0.2) is 68.2 Å². The van der Waals surface area contributed by atoms with Gasteiger partial charge < -0.3 is 18.9 Å². The van der Waals surface area contributed by atoms with Gasteiger partial charge in [0.15, 0.2) is 20.6 Å². The summed E-state index contributed by atoms with van der Waals surface area (Å²) < 4.78 is 56.7. The Morgan fingerprint density at radius 2 is 0.824 bits per heavy atom. The first kappa shape index (κ1) is 21.9. The van der Waals surface area contributed by atoms with Crippen molar-refractivity contribution in [3.05, 3.63) is 0 Å². The van der Waals surface area contributed by atoms with Crippen molar-refractivity contribution in [3.8, 4) is 0 Å². The Morgan fingerprint density at radius 1 is 0.706 bits per heavy atom. The zero-order valence-corrected chi connectivity index (χ0v) is 12.4. The molecule has 0 bridgehead atoms. The number of rotatable bonds is 2. The maximum atomic E-state index is 9.40. The largest absolute Gasteiger partial charge is 0.735 e. The van der Waals surface area contributed by atoms with Gasteiger partial charge in [-0.25, -0.2) is 16.8 Å². The monoisotopic (exact) mass is 295 g/mol. The maximum Gasteiger partial charge on any atom is 0.171 e. The average Bonchev–Trinajstić information content (AvgIpc) is 1.70. The summed E-state index contributed by atoms with van der Waals surface area (Å²) in [6, 6.07) is 0. The molecule has 0 aromatic rings. The standard InChI is InChI=1S/2C3H9N.H3NO6S2/c2*1-4(2)3;2-8(3,4)1-9(5,6)7/h2*1-3H3;1H,(H,2,3,4)(H,5,6,7). The molecule has 0 heterocycles. The van der Waals surface area contributed by atoms with Crippen LogP contribution in [0.1, 0.15) is 0 Å². The summed E-state index contributed by atoms with van der Waals surface area (Å²) in [5.74, 6) is 0. The highest BCUT2D eigenvalue weighted by Crippen LogP contribution is 1.77. The van der Waals surface area contributed by atoms with Gasteiger partial charge in [-0.3, -0.25) is 0 Å². The van der Waals surface area contributed by atoms with Crippen LogP contribution in [0.25, 0.3) is 0 Å². The van der Waals surface area contributed by atoms with Crippen LogP contribution in [0.3, 0.4) is 0 Å². The molecule has 0 amide bonds. The van der Waals surface area contributed by atoms with E-state index in [4.69, 9.17) is 0 Å². The second-order valence-electron chi connectivity index (χ2n) is 3.99. The van der Waals surface area contributed by atoms with Crippen molar-refractivity contribution in [1.82, 2.24) is 4.13 Å². The molecule has 0 unspecified atom stereocenters. The zero-order chi connectivity index (χ0) is 14.9. The molecule has 0 aromatic carbocycles. The fourth-order valence-corrected chi connectivity index (χ4v) is 1.12. The summed E-state index contributed by atoms with van der Waals surface area (Å²) in [7, 11) is 2.14. The van der Waals surface area contributed by atoms with Gasteiger partial charge >= 0.3 is 0 Å². The van der Waals surface area contributed by atoms with Crippen molar-refractivity contribution < 1.29 is 35.7 Å². The van der Waals surface area contributed by atoms with Crippen LogP contribution in [0.2, 0.25) is 0 Å². The highest BCUT2D eigenvalue weighted by Gasteiger charge is 1.96. The van der Waals surface area contributed by atoms with Gasteiger partial charge in [0.25, 0.3) is 0 Å². The molecular formula is C6H21N3O6S2. The minimum absolute atomic E-state index is 0.292. The Bertz CT molecular complexity index is 320. The van der Waals surface area contributed by atoms with Crippen LogP contribution in [-0.2, 0) is 20.6 Å². The van der Waals surface area contributed by atoms with Crippen LogP contribution < -0.4 is 13.9 Å². The van der Waals surface area contributed by atoms with Gasteiger partial charge in [-0.2, -0.15) is 0 Å². The van der Waals surface area contributed by atoms with E-state index in [0.29, 0.717) is 4.13 Å². The fourth-order valence-electron chi connectivity index (χ4n) is 0.125. The van der Waals surface area contributed by atoms with E-state index in [9.17, 15) is 25.9 Å². The lowest BCUT2D eigenvalue weighted by Crippen LogP contribution is -3.02.